The molecule has 47 heavy (non-hydrogen) atoms. The van der Waals surface area contributed by atoms with Crippen molar-refractivity contribution in [2.45, 2.75) is 41.7 Å². The van der Waals surface area contributed by atoms with Crippen LogP contribution in [0.2, 0.25) is 0 Å². The summed E-state index contributed by atoms with van der Waals surface area (Å²) in [4.78, 5) is 55.9. The van der Waals surface area contributed by atoms with E-state index in [9.17, 15) is 23.6 Å². The maximum Gasteiger partial charge on any atom is 0.413 e. The first-order chi connectivity index (χ1) is 22.8. The summed E-state index contributed by atoms with van der Waals surface area (Å²) < 4.78 is 53.1. The van der Waals surface area contributed by atoms with Crippen LogP contribution in [0.3, 0.4) is 0 Å². The summed E-state index contributed by atoms with van der Waals surface area (Å²) in [6, 6.07) is 9.82. The second kappa shape index (κ2) is 12.5. The van der Waals surface area contributed by atoms with Gasteiger partial charge in [-0.2, -0.15) is 0 Å². The van der Waals surface area contributed by atoms with Gasteiger partial charge in [0.25, 0.3) is 5.91 Å². The maximum atomic E-state index is 15.4. The van der Waals surface area contributed by atoms with Gasteiger partial charge in [-0.15, -0.1) is 11.8 Å². The number of hydrogen-bond donors (Lipinski definition) is 0. The minimum absolute atomic E-state index is 0.104. The molecule has 2 aromatic carbocycles. The first-order valence-electron chi connectivity index (χ1n) is 15.1. The molecule has 2 saturated heterocycles. The highest BCUT2D eigenvalue weighted by molar-refractivity contribution is 7.98. The summed E-state index contributed by atoms with van der Waals surface area (Å²) >= 11 is 1.38. The lowest BCUT2D eigenvalue weighted by atomic mass is 9.93. The molecule has 0 aliphatic carbocycles. The Kier molecular flexibility index (Phi) is 8.26. The van der Waals surface area contributed by atoms with E-state index in [1.807, 2.05) is 29.3 Å². The molecule has 15 heteroatoms. The Hall–Kier alpha value is -4.63. The molecule has 2 amide bonds. The van der Waals surface area contributed by atoms with Gasteiger partial charge in [0.15, 0.2) is 17.3 Å². The predicted molar refractivity (Wildman–Crippen MR) is 162 cm³/mol. The molecular weight excluding hydrogens is 638 g/mol. The van der Waals surface area contributed by atoms with Crippen molar-refractivity contribution in [3.05, 3.63) is 92.9 Å². The maximum absolute atomic E-state index is 15.4. The monoisotopic (exact) mass is 668 g/mol. The number of morpholine rings is 1. The second-order valence-corrected chi connectivity index (χ2v) is 12.4. The van der Waals surface area contributed by atoms with Crippen LogP contribution in [0.25, 0.3) is 0 Å². The minimum Gasteiger partial charge on any atom is -0.467 e. The van der Waals surface area contributed by atoms with Crippen LogP contribution in [0, 0.1) is 11.6 Å². The summed E-state index contributed by atoms with van der Waals surface area (Å²) in [6.07, 6.45) is 0.915. The van der Waals surface area contributed by atoms with Crippen molar-refractivity contribution in [1.82, 2.24) is 14.5 Å². The Morgan fingerprint density at radius 2 is 1.89 bits per heavy atom. The third-order valence-corrected chi connectivity index (χ3v) is 9.99. The van der Waals surface area contributed by atoms with E-state index in [1.54, 1.807) is 11.0 Å². The number of likely N-dealkylation sites (tertiary alicyclic amines) is 1. The fraction of sp³-hybridized carbons (Fsp3) is 0.375. The number of aromatic nitrogens is 1. The average molecular weight is 669 g/mol. The largest absolute Gasteiger partial charge is 0.467 e. The number of thioether (sulfide) groups is 1. The van der Waals surface area contributed by atoms with E-state index in [2.05, 4.69) is 0 Å². The van der Waals surface area contributed by atoms with Crippen LogP contribution in [0.1, 0.15) is 46.1 Å². The molecular formula is C32H30F2N4O8S. The van der Waals surface area contributed by atoms with Crippen molar-refractivity contribution >= 4 is 29.7 Å². The first-order valence-corrected chi connectivity index (χ1v) is 16.0. The molecule has 0 bridgehead atoms. The molecule has 3 atom stereocenters. The molecule has 3 aromatic rings. The summed E-state index contributed by atoms with van der Waals surface area (Å²) in [5.41, 5.74) is 0.710. The predicted octanol–water partition coefficient (Wildman–Crippen LogP) is 3.38. The van der Waals surface area contributed by atoms with Crippen molar-refractivity contribution in [2.75, 3.05) is 45.2 Å². The van der Waals surface area contributed by atoms with Crippen molar-refractivity contribution in [3.63, 3.8) is 0 Å². The highest BCUT2D eigenvalue weighted by Gasteiger charge is 2.46. The van der Waals surface area contributed by atoms with Gasteiger partial charge in [0.05, 0.1) is 26.4 Å². The lowest BCUT2D eigenvalue weighted by Crippen LogP contribution is -2.66. The standard InChI is InChI=1S/C32H30F2N4O8S/c1-43-31(41)22-6-4-11-35(22)32(42)46-17-45-29-23(39)10-12-37-28(29)30(40)36-13-14-44-15-25(36)38(37)27-18-8-9-21(33)26(34)20(18)16-47-24-7-3-2-5-19(24)27/h2-3,5,7-10,12,22,25,27H,4,6,11,13-17H2,1H3/t22-,25+,27-/m0/s1. The molecule has 0 spiro atoms. The van der Waals surface area contributed by atoms with Crippen LogP contribution in [-0.2, 0) is 24.8 Å². The van der Waals surface area contributed by atoms with E-state index in [4.69, 9.17) is 18.9 Å². The van der Waals surface area contributed by atoms with E-state index >= 15 is 4.39 Å². The molecule has 4 aliphatic heterocycles. The molecule has 0 saturated carbocycles. The smallest absolute Gasteiger partial charge is 0.413 e. The number of carbonyl (C=O) groups excluding carboxylic acids is 3. The van der Waals surface area contributed by atoms with Crippen molar-refractivity contribution in [1.29, 1.82) is 0 Å². The third kappa shape index (κ3) is 5.26. The molecule has 5 heterocycles. The first kappa shape index (κ1) is 31.0. The number of fused-ring (bicyclic) bond motifs is 4. The average Bonchev–Trinajstić information content (AvgIpc) is 3.52. The van der Waals surface area contributed by atoms with Crippen LogP contribution < -0.4 is 15.2 Å². The number of esters is 1. The van der Waals surface area contributed by atoms with E-state index in [1.165, 1.54) is 40.7 Å². The van der Waals surface area contributed by atoms with E-state index in [0.29, 0.717) is 18.4 Å². The number of rotatable bonds is 5. The van der Waals surface area contributed by atoms with E-state index < -0.39 is 60.1 Å². The van der Waals surface area contributed by atoms with Crippen molar-refractivity contribution < 1.29 is 42.1 Å². The molecule has 0 N–H and O–H groups in total. The van der Waals surface area contributed by atoms with Gasteiger partial charge in [-0.25, -0.2) is 18.4 Å². The fourth-order valence-electron chi connectivity index (χ4n) is 6.70. The van der Waals surface area contributed by atoms with Gasteiger partial charge < -0.3 is 23.8 Å². The Morgan fingerprint density at radius 1 is 1.06 bits per heavy atom. The summed E-state index contributed by atoms with van der Waals surface area (Å²) in [7, 11) is 1.23. The van der Waals surface area contributed by atoms with Crippen molar-refractivity contribution in [3.8, 4) is 5.75 Å². The highest BCUT2D eigenvalue weighted by atomic mass is 32.2. The quantitative estimate of drug-likeness (QED) is 0.296. The molecule has 7 rings (SSSR count). The van der Waals surface area contributed by atoms with Gasteiger partial charge in [0.2, 0.25) is 18.0 Å². The lowest BCUT2D eigenvalue weighted by molar-refractivity contribution is -0.145. The molecule has 246 valence electrons. The molecule has 1 aromatic heterocycles. The van der Waals surface area contributed by atoms with Gasteiger partial charge in [0, 0.05) is 41.6 Å². The Labute approximate surface area is 271 Å². The third-order valence-electron chi connectivity index (χ3n) is 8.88. The number of benzene rings is 2. The van der Waals surface area contributed by atoms with Crippen LogP contribution >= 0.6 is 11.8 Å². The zero-order chi connectivity index (χ0) is 32.8. The fourth-order valence-corrected chi connectivity index (χ4v) is 7.81. The second-order valence-electron chi connectivity index (χ2n) is 11.3. The van der Waals surface area contributed by atoms with Crippen LogP contribution in [0.15, 0.2) is 58.4 Å². The number of pyridine rings is 1. The number of ether oxygens (including phenoxy) is 4. The zero-order valence-corrected chi connectivity index (χ0v) is 26.0. The molecule has 4 aliphatic rings. The summed E-state index contributed by atoms with van der Waals surface area (Å²) in [6.45, 7) is 0.0977. The van der Waals surface area contributed by atoms with E-state index in [-0.39, 0.29) is 49.1 Å². The number of nitrogens with zero attached hydrogens (tertiary/aromatic N) is 4. The molecule has 0 unspecified atom stereocenters. The highest BCUT2D eigenvalue weighted by Crippen LogP contribution is 2.45. The summed E-state index contributed by atoms with van der Waals surface area (Å²) in [5.74, 6) is -3.17. The van der Waals surface area contributed by atoms with Gasteiger partial charge >= 0.3 is 12.1 Å². The minimum atomic E-state index is -0.966. The summed E-state index contributed by atoms with van der Waals surface area (Å²) in [5, 5.41) is 1.82. The SMILES string of the molecule is COC(=O)[C@@H]1CCCN1C(=O)OCOc1c2n(ccc1=O)N([C@@H]1c3ccccc3SCc3c1ccc(F)c3F)[C@@H]1COCCN1C2=O. The van der Waals surface area contributed by atoms with Gasteiger partial charge in [-0.1, -0.05) is 24.3 Å². The van der Waals surface area contributed by atoms with Crippen LogP contribution in [0.5, 0.6) is 5.75 Å². The molecule has 12 nitrogen and oxygen atoms in total. The normalized spacial score (nSPS) is 21.6. The van der Waals surface area contributed by atoms with Gasteiger partial charge in [-0.3, -0.25) is 24.2 Å². The van der Waals surface area contributed by atoms with Crippen LogP contribution in [-0.4, -0.2) is 84.9 Å². The lowest BCUT2D eigenvalue weighted by Gasteiger charge is -2.51. The molecule has 0 radical (unpaired) electrons. The number of methoxy groups -OCH3 is 1. The number of hydrogen-bond acceptors (Lipinski definition) is 10. The Morgan fingerprint density at radius 3 is 2.72 bits per heavy atom. The number of halogens is 2. The topological polar surface area (TPSA) is 120 Å². The van der Waals surface area contributed by atoms with Crippen LogP contribution in [0.4, 0.5) is 13.6 Å². The van der Waals surface area contributed by atoms with E-state index in [0.717, 1.165) is 16.5 Å². The Bertz CT molecular complexity index is 1820. The zero-order valence-electron chi connectivity index (χ0n) is 25.2. The van der Waals surface area contributed by atoms with Gasteiger partial charge in [0.1, 0.15) is 12.2 Å². The van der Waals surface area contributed by atoms with Crippen molar-refractivity contribution in [2.24, 2.45) is 0 Å². The van der Waals surface area contributed by atoms with Gasteiger partial charge in [-0.05, 0) is 36.1 Å². The number of carbonyl (C=O) groups is 3. The Balaban J connectivity index is 1.30. The molecule has 2 fully saturated rings. The number of amides is 2.